The summed E-state index contributed by atoms with van der Waals surface area (Å²) in [5.74, 6) is 0.408. The first-order chi connectivity index (χ1) is 22.4. The van der Waals surface area contributed by atoms with Crippen LogP contribution < -0.4 is 4.74 Å². The number of imidazole rings is 1. The van der Waals surface area contributed by atoms with Crippen molar-refractivity contribution >= 4 is 31.9 Å². The zero-order valence-electron chi connectivity index (χ0n) is 25.3. The minimum atomic E-state index is -3.94. The van der Waals surface area contributed by atoms with Crippen LogP contribution in [0.2, 0.25) is 0 Å². The summed E-state index contributed by atoms with van der Waals surface area (Å²) in [4.78, 5) is 19.5. The lowest BCUT2D eigenvalue weighted by Gasteiger charge is -2.30. The molecule has 1 N–H and O–H groups in total. The van der Waals surface area contributed by atoms with Gasteiger partial charge in [-0.15, -0.1) is 6.42 Å². The van der Waals surface area contributed by atoms with Crippen LogP contribution in [-0.4, -0.2) is 92.1 Å². The van der Waals surface area contributed by atoms with Gasteiger partial charge < -0.3 is 9.84 Å². The highest BCUT2D eigenvalue weighted by Gasteiger charge is 2.49. The standard InChI is InChI=1S/C32H28F3N7O4S/c1-4-21-24(34)7-6-18-10-20(43)11-22(26(18)21)29-27(35)30-23(13-36-29)28(25-15-42(17-37-25)47(44,45)40(2)3)38-31(39-30)46-16-32-8-5-9-41(32)14-19(33)12-32/h1,6-7,10-11,13,15,17,19,43H,5,8-9,12,14,16H2,2-3H3/t19-,32+/m1/s1. The van der Waals surface area contributed by atoms with E-state index in [4.69, 9.17) is 11.2 Å². The molecule has 0 unspecified atom stereocenters. The van der Waals surface area contributed by atoms with E-state index in [1.54, 1.807) is 0 Å². The molecule has 2 aromatic carbocycles. The molecule has 3 aromatic heterocycles. The lowest BCUT2D eigenvalue weighted by molar-refractivity contribution is 0.107. The number of hydrogen-bond acceptors (Lipinski definition) is 9. The average Bonchev–Trinajstić information content (AvgIpc) is 3.75. The Labute approximate surface area is 267 Å². The molecule has 7 rings (SSSR count). The van der Waals surface area contributed by atoms with Crippen LogP contribution in [-0.2, 0) is 10.2 Å². The van der Waals surface area contributed by atoms with Gasteiger partial charge in [0, 0.05) is 49.6 Å². The fraction of sp³-hybridized carbons (Fsp3) is 0.312. The molecule has 0 radical (unpaired) electrons. The first-order valence-corrected chi connectivity index (χ1v) is 16.1. The van der Waals surface area contributed by atoms with Gasteiger partial charge >= 0.3 is 16.2 Å². The first kappa shape index (κ1) is 30.9. The summed E-state index contributed by atoms with van der Waals surface area (Å²) in [6.45, 7) is 1.07. The largest absolute Gasteiger partial charge is 0.508 e. The second-order valence-corrected chi connectivity index (χ2v) is 14.0. The molecular formula is C32H28F3N7O4S. The van der Waals surface area contributed by atoms with Gasteiger partial charge in [-0.2, -0.15) is 22.7 Å². The van der Waals surface area contributed by atoms with Crippen LogP contribution in [0.3, 0.4) is 0 Å². The maximum atomic E-state index is 16.7. The summed E-state index contributed by atoms with van der Waals surface area (Å²) in [5.41, 5.74) is -1.12. The highest BCUT2D eigenvalue weighted by molar-refractivity contribution is 7.87. The van der Waals surface area contributed by atoms with E-state index in [1.165, 1.54) is 44.7 Å². The second kappa shape index (κ2) is 11.2. The molecule has 2 atom stereocenters. The molecule has 11 nitrogen and oxygen atoms in total. The Kier molecular flexibility index (Phi) is 7.34. The summed E-state index contributed by atoms with van der Waals surface area (Å²) >= 11 is 0. The van der Waals surface area contributed by atoms with Gasteiger partial charge in [-0.3, -0.25) is 9.88 Å². The molecular weight excluding hydrogens is 635 g/mol. The molecule has 0 bridgehead atoms. The normalized spacial score (nSPS) is 19.9. The third-order valence-corrected chi connectivity index (χ3v) is 10.5. The van der Waals surface area contributed by atoms with Gasteiger partial charge in [-0.05, 0) is 43.0 Å². The number of phenols is 1. The minimum absolute atomic E-state index is 0.0243. The third-order valence-electron chi connectivity index (χ3n) is 8.88. The Morgan fingerprint density at radius 3 is 2.77 bits per heavy atom. The third kappa shape index (κ3) is 5.03. The van der Waals surface area contributed by atoms with Gasteiger partial charge in [0.2, 0.25) is 0 Å². The van der Waals surface area contributed by atoms with Crippen LogP contribution in [0.15, 0.2) is 43.0 Å². The zero-order valence-corrected chi connectivity index (χ0v) is 26.1. The number of fused-ring (bicyclic) bond motifs is 3. The highest BCUT2D eigenvalue weighted by atomic mass is 32.2. The Balaban J connectivity index is 1.42. The SMILES string of the molecule is C#Cc1c(F)ccc2cc(O)cc(-c3ncc4c(-c5cn(S(=O)(=O)N(C)C)cn5)nc(OC[C@@]56CCCN5C[C@H](F)C6)nc4c3F)c12. The number of nitrogens with zero attached hydrogens (tertiary/aromatic N) is 7. The van der Waals surface area contributed by atoms with E-state index in [-0.39, 0.29) is 69.3 Å². The molecule has 2 aliphatic rings. The van der Waals surface area contributed by atoms with Crippen molar-refractivity contribution in [3.8, 4) is 46.7 Å². The number of alkyl halides is 1. The Hall–Kier alpha value is -4.78. The molecule has 15 heteroatoms. The van der Waals surface area contributed by atoms with Gasteiger partial charge in [0.15, 0.2) is 5.82 Å². The van der Waals surface area contributed by atoms with Crippen molar-refractivity contribution in [2.24, 2.45) is 0 Å². The molecule has 0 saturated carbocycles. The van der Waals surface area contributed by atoms with Gasteiger partial charge in [-0.25, -0.2) is 22.1 Å². The molecule has 242 valence electrons. The van der Waals surface area contributed by atoms with Gasteiger partial charge in [0.25, 0.3) is 0 Å². The molecule has 2 aliphatic heterocycles. The molecule has 2 fully saturated rings. The smallest absolute Gasteiger partial charge is 0.317 e. The molecule has 5 aromatic rings. The Bertz CT molecular complexity index is 2240. The van der Waals surface area contributed by atoms with Crippen LogP contribution in [0.5, 0.6) is 11.8 Å². The number of aromatic hydroxyl groups is 1. The van der Waals surface area contributed by atoms with Gasteiger partial charge in [-0.1, -0.05) is 12.0 Å². The average molecular weight is 664 g/mol. The number of phenolic OH excluding ortho intramolecular Hbond substituents is 1. The number of halogens is 3. The van der Waals surface area contributed by atoms with Crippen molar-refractivity contribution in [2.75, 3.05) is 33.8 Å². The van der Waals surface area contributed by atoms with Gasteiger partial charge in [0.1, 0.15) is 53.3 Å². The maximum absolute atomic E-state index is 16.7. The summed E-state index contributed by atoms with van der Waals surface area (Å²) in [6.07, 6.45) is 10.1. The maximum Gasteiger partial charge on any atom is 0.317 e. The predicted octanol–water partition coefficient (Wildman–Crippen LogP) is 4.28. The number of terminal acetylenes is 1. The van der Waals surface area contributed by atoms with Crippen molar-refractivity contribution in [3.05, 3.63) is 60.2 Å². The van der Waals surface area contributed by atoms with Gasteiger partial charge in [0.05, 0.1) is 17.3 Å². The van der Waals surface area contributed by atoms with Crippen molar-refractivity contribution in [1.29, 1.82) is 0 Å². The van der Waals surface area contributed by atoms with E-state index in [2.05, 4.69) is 25.9 Å². The Morgan fingerprint density at radius 2 is 2.00 bits per heavy atom. The number of aromatic nitrogens is 5. The first-order valence-electron chi connectivity index (χ1n) is 14.7. The topological polar surface area (TPSA) is 127 Å². The lowest BCUT2D eigenvalue weighted by Crippen LogP contribution is -2.43. The number of ether oxygens (including phenoxy) is 1. The quantitative estimate of drug-likeness (QED) is 0.254. The van der Waals surface area contributed by atoms with E-state index >= 15 is 4.39 Å². The summed E-state index contributed by atoms with van der Waals surface area (Å²) in [7, 11) is -1.21. The summed E-state index contributed by atoms with van der Waals surface area (Å²) in [6, 6.07) is 4.93. The highest BCUT2D eigenvalue weighted by Crippen LogP contribution is 2.41. The van der Waals surface area contributed by atoms with Crippen molar-refractivity contribution in [2.45, 2.75) is 31.0 Å². The molecule has 5 heterocycles. The molecule has 47 heavy (non-hydrogen) atoms. The second-order valence-electron chi connectivity index (χ2n) is 11.9. The summed E-state index contributed by atoms with van der Waals surface area (Å²) < 4.78 is 79.5. The van der Waals surface area contributed by atoms with Crippen LogP contribution in [0.25, 0.3) is 44.3 Å². The molecule has 0 spiro atoms. The van der Waals surface area contributed by atoms with Crippen molar-refractivity contribution < 1.29 is 31.4 Å². The van der Waals surface area contributed by atoms with E-state index in [0.717, 1.165) is 33.6 Å². The number of hydrogen-bond donors (Lipinski definition) is 1. The van der Waals surface area contributed by atoms with Crippen LogP contribution in [0.1, 0.15) is 24.8 Å². The van der Waals surface area contributed by atoms with Crippen LogP contribution in [0, 0.1) is 24.0 Å². The van der Waals surface area contributed by atoms with E-state index < -0.39 is 33.6 Å². The van der Waals surface area contributed by atoms with Crippen LogP contribution >= 0.6 is 0 Å². The number of rotatable bonds is 7. The number of benzene rings is 2. The fourth-order valence-corrected chi connectivity index (χ4v) is 7.40. The predicted molar refractivity (Wildman–Crippen MR) is 168 cm³/mol. The summed E-state index contributed by atoms with van der Waals surface area (Å²) in [5, 5.41) is 11.1. The fourth-order valence-electron chi connectivity index (χ4n) is 6.63. The van der Waals surface area contributed by atoms with E-state index in [0.29, 0.717) is 18.4 Å². The molecule has 0 aliphatic carbocycles. The lowest BCUT2D eigenvalue weighted by atomic mass is 9.95. The minimum Gasteiger partial charge on any atom is -0.508 e. The van der Waals surface area contributed by atoms with Crippen molar-refractivity contribution in [1.82, 2.24) is 33.1 Å². The van der Waals surface area contributed by atoms with Crippen molar-refractivity contribution in [3.63, 3.8) is 0 Å². The molecule has 0 amide bonds. The van der Waals surface area contributed by atoms with E-state index in [1.807, 2.05) is 4.90 Å². The number of pyridine rings is 1. The van der Waals surface area contributed by atoms with Crippen LogP contribution in [0.4, 0.5) is 13.2 Å². The monoisotopic (exact) mass is 663 g/mol. The Morgan fingerprint density at radius 1 is 1.19 bits per heavy atom. The molecule has 2 saturated heterocycles. The van der Waals surface area contributed by atoms with E-state index in [9.17, 15) is 22.3 Å². The zero-order chi connectivity index (χ0) is 33.2.